The zero-order valence-electron chi connectivity index (χ0n) is 16.1. The normalized spacial score (nSPS) is 12.2. The summed E-state index contributed by atoms with van der Waals surface area (Å²) in [7, 11) is 0. The summed E-state index contributed by atoms with van der Waals surface area (Å²) in [4.78, 5) is 31.7. The Kier molecular flexibility index (Phi) is 5.27. The molecule has 2 N–H and O–H groups in total. The molecule has 0 aliphatic rings. The highest BCUT2D eigenvalue weighted by molar-refractivity contribution is 5.88. The number of halogens is 2. The highest BCUT2D eigenvalue weighted by Crippen LogP contribution is 2.24. The van der Waals surface area contributed by atoms with Crippen LogP contribution in [0.3, 0.4) is 0 Å². The maximum absolute atomic E-state index is 13.9. The molecule has 0 aliphatic carbocycles. The number of H-pyrrole nitrogens is 1. The van der Waals surface area contributed by atoms with Gasteiger partial charge >= 0.3 is 0 Å². The summed E-state index contributed by atoms with van der Waals surface area (Å²) < 4.78 is 27.3. The molecule has 146 valence electrons. The first-order chi connectivity index (χ1) is 13.2. The first-order valence-corrected chi connectivity index (χ1v) is 8.91. The van der Waals surface area contributed by atoms with Crippen LogP contribution in [0.2, 0.25) is 0 Å². The van der Waals surface area contributed by atoms with Crippen molar-refractivity contribution in [2.75, 3.05) is 0 Å². The fraction of sp³-hybridized carbons (Fsp3) is 0.286. The number of hydrogen-bond acceptors (Lipinski definition) is 3. The van der Waals surface area contributed by atoms with E-state index >= 15 is 0 Å². The standard InChI is InChI=1S/C21H21F2N3O2/c1-10-7-18(24-9-16(10)23)13(4)25-19(27)8-14-11(2)20-12(3)15(22)5-6-17(20)26-21(14)28/h5-7,9,13H,8H2,1-4H3,(H,25,27)(H,26,28)/t13-/m0/s1. The number of hydrogen-bond donors (Lipinski definition) is 2. The lowest BCUT2D eigenvalue weighted by Crippen LogP contribution is -2.31. The first-order valence-electron chi connectivity index (χ1n) is 8.91. The molecule has 0 unspecified atom stereocenters. The van der Waals surface area contributed by atoms with Gasteiger partial charge in [-0.3, -0.25) is 14.6 Å². The van der Waals surface area contributed by atoms with E-state index in [-0.39, 0.29) is 29.3 Å². The summed E-state index contributed by atoms with van der Waals surface area (Å²) in [6, 6.07) is 3.94. The van der Waals surface area contributed by atoms with Crippen LogP contribution in [0.4, 0.5) is 8.78 Å². The average molecular weight is 385 g/mol. The average Bonchev–Trinajstić information content (AvgIpc) is 2.63. The number of benzene rings is 1. The summed E-state index contributed by atoms with van der Waals surface area (Å²) in [5, 5.41) is 3.37. The molecular weight excluding hydrogens is 364 g/mol. The number of aromatic amines is 1. The van der Waals surface area contributed by atoms with Gasteiger partial charge in [-0.05, 0) is 62.6 Å². The van der Waals surface area contributed by atoms with E-state index in [0.717, 1.165) is 6.20 Å². The van der Waals surface area contributed by atoms with Gasteiger partial charge in [0.05, 0.1) is 24.4 Å². The van der Waals surface area contributed by atoms with E-state index in [4.69, 9.17) is 0 Å². The van der Waals surface area contributed by atoms with Crippen LogP contribution in [0.15, 0.2) is 29.2 Å². The fourth-order valence-electron chi connectivity index (χ4n) is 3.33. The van der Waals surface area contributed by atoms with Crippen molar-refractivity contribution >= 4 is 16.8 Å². The zero-order chi connectivity index (χ0) is 20.6. The van der Waals surface area contributed by atoms with Crippen LogP contribution >= 0.6 is 0 Å². The molecule has 2 aromatic heterocycles. The molecule has 5 nitrogen and oxygen atoms in total. The molecule has 0 aliphatic heterocycles. The zero-order valence-corrected chi connectivity index (χ0v) is 16.1. The molecular formula is C21H21F2N3O2. The molecule has 2 heterocycles. The molecule has 3 aromatic rings. The second-order valence-electron chi connectivity index (χ2n) is 6.98. The van der Waals surface area contributed by atoms with Crippen LogP contribution in [-0.4, -0.2) is 15.9 Å². The van der Waals surface area contributed by atoms with Gasteiger partial charge in [-0.25, -0.2) is 8.78 Å². The maximum atomic E-state index is 13.9. The molecule has 0 saturated carbocycles. The van der Waals surface area contributed by atoms with E-state index in [1.807, 2.05) is 0 Å². The van der Waals surface area contributed by atoms with Gasteiger partial charge in [0.15, 0.2) is 0 Å². The number of aryl methyl sites for hydroxylation is 3. The molecule has 1 amide bonds. The van der Waals surface area contributed by atoms with Crippen LogP contribution in [0.5, 0.6) is 0 Å². The summed E-state index contributed by atoms with van der Waals surface area (Å²) in [5.41, 5.74) is 2.40. The molecule has 0 saturated heterocycles. The number of carbonyl (C=O) groups excluding carboxylic acids is 1. The minimum absolute atomic E-state index is 0.155. The minimum Gasteiger partial charge on any atom is -0.348 e. The van der Waals surface area contributed by atoms with E-state index in [1.165, 1.54) is 12.1 Å². The van der Waals surface area contributed by atoms with Crippen molar-refractivity contribution in [2.24, 2.45) is 0 Å². The third-order valence-electron chi connectivity index (χ3n) is 4.98. The summed E-state index contributed by atoms with van der Waals surface area (Å²) >= 11 is 0. The highest BCUT2D eigenvalue weighted by Gasteiger charge is 2.18. The summed E-state index contributed by atoms with van der Waals surface area (Å²) in [5.74, 6) is -1.16. The number of carbonyl (C=O) groups is 1. The van der Waals surface area contributed by atoms with Crippen molar-refractivity contribution in [3.8, 4) is 0 Å². The second-order valence-corrected chi connectivity index (χ2v) is 6.98. The monoisotopic (exact) mass is 385 g/mol. The number of aromatic nitrogens is 2. The largest absolute Gasteiger partial charge is 0.348 e. The van der Waals surface area contributed by atoms with Gasteiger partial charge in [-0.1, -0.05) is 0 Å². The van der Waals surface area contributed by atoms with Crippen LogP contribution in [0.1, 0.15) is 40.9 Å². The molecule has 1 aromatic carbocycles. The summed E-state index contributed by atoms with van der Waals surface area (Å²) in [6.45, 7) is 6.70. The van der Waals surface area contributed by atoms with Gasteiger partial charge in [-0.15, -0.1) is 0 Å². The number of fused-ring (bicyclic) bond motifs is 1. The Bertz CT molecular complexity index is 1140. The van der Waals surface area contributed by atoms with Gasteiger partial charge in [0.1, 0.15) is 11.6 Å². The third kappa shape index (κ3) is 3.65. The molecule has 0 fully saturated rings. The van der Waals surface area contributed by atoms with E-state index in [0.29, 0.717) is 33.3 Å². The van der Waals surface area contributed by atoms with E-state index < -0.39 is 11.9 Å². The van der Waals surface area contributed by atoms with Gasteiger partial charge in [-0.2, -0.15) is 0 Å². The Morgan fingerprint density at radius 2 is 1.89 bits per heavy atom. The van der Waals surface area contributed by atoms with Crippen molar-refractivity contribution in [1.82, 2.24) is 15.3 Å². The van der Waals surface area contributed by atoms with Gasteiger partial charge < -0.3 is 10.3 Å². The van der Waals surface area contributed by atoms with Gasteiger partial charge in [0, 0.05) is 16.5 Å². The quantitative estimate of drug-likeness (QED) is 0.721. The summed E-state index contributed by atoms with van der Waals surface area (Å²) in [6.07, 6.45) is 0.959. The molecule has 0 radical (unpaired) electrons. The highest BCUT2D eigenvalue weighted by atomic mass is 19.1. The van der Waals surface area contributed by atoms with Crippen molar-refractivity contribution < 1.29 is 13.6 Å². The second kappa shape index (κ2) is 7.50. The van der Waals surface area contributed by atoms with Gasteiger partial charge in [0.25, 0.3) is 5.56 Å². The van der Waals surface area contributed by atoms with Crippen LogP contribution in [0, 0.1) is 32.4 Å². The third-order valence-corrected chi connectivity index (χ3v) is 4.98. The van der Waals surface area contributed by atoms with E-state index in [9.17, 15) is 18.4 Å². The van der Waals surface area contributed by atoms with Crippen molar-refractivity contribution in [1.29, 1.82) is 0 Å². The maximum Gasteiger partial charge on any atom is 0.252 e. The van der Waals surface area contributed by atoms with Gasteiger partial charge in [0.2, 0.25) is 5.91 Å². The predicted octanol–water partition coefficient (Wildman–Crippen LogP) is 3.55. The Labute approximate surface area is 160 Å². The first kappa shape index (κ1) is 19.7. The molecule has 3 rings (SSSR count). The number of pyridine rings is 2. The molecule has 0 spiro atoms. The van der Waals surface area contributed by atoms with Crippen molar-refractivity contribution in [2.45, 2.75) is 40.2 Å². The topological polar surface area (TPSA) is 74.8 Å². The predicted molar refractivity (Wildman–Crippen MR) is 103 cm³/mol. The van der Waals surface area contributed by atoms with E-state index in [1.54, 1.807) is 33.8 Å². The lowest BCUT2D eigenvalue weighted by Gasteiger charge is -2.15. The number of rotatable bonds is 4. The molecule has 1 atom stereocenters. The molecule has 28 heavy (non-hydrogen) atoms. The van der Waals surface area contributed by atoms with Crippen LogP contribution in [0.25, 0.3) is 10.9 Å². The minimum atomic E-state index is -0.453. The van der Waals surface area contributed by atoms with Crippen molar-refractivity contribution in [3.05, 3.63) is 74.3 Å². The van der Waals surface area contributed by atoms with E-state index in [2.05, 4.69) is 15.3 Å². The Hall–Kier alpha value is -3.09. The molecule has 7 heteroatoms. The number of amides is 1. The fourth-order valence-corrected chi connectivity index (χ4v) is 3.33. The Balaban J connectivity index is 1.87. The lowest BCUT2D eigenvalue weighted by molar-refractivity contribution is -0.121. The Morgan fingerprint density at radius 3 is 2.57 bits per heavy atom. The smallest absolute Gasteiger partial charge is 0.252 e. The Morgan fingerprint density at radius 1 is 1.18 bits per heavy atom. The number of nitrogens with zero attached hydrogens (tertiary/aromatic N) is 1. The van der Waals surface area contributed by atoms with Crippen LogP contribution < -0.4 is 10.9 Å². The molecule has 0 bridgehead atoms. The van der Waals surface area contributed by atoms with Crippen molar-refractivity contribution in [3.63, 3.8) is 0 Å². The van der Waals surface area contributed by atoms with Crippen LogP contribution in [-0.2, 0) is 11.2 Å². The SMILES string of the molecule is Cc1cc([C@H](C)NC(=O)Cc2c(C)c3c(C)c(F)ccc3[nH]c2=O)ncc1F. The number of nitrogens with one attached hydrogen (secondary N) is 2. The lowest BCUT2D eigenvalue weighted by atomic mass is 9.98.